The van der Waals surface area contributed by atoms with E-state index in [1.807, 2.05) is 6.07 Å². The minimum absolute atomic E-state index is 0.196. The number of nitrogens with zero attached hydrogens (tertiary/aromatic N) is 3. The Morgan fingerprint density at radius 2 is 2.35 bits per heavy atom. The molecule has 1 saturated carbocycles. The number of anilines is 1. The number of hydrogen-bond donors (Lipinski definition) is 1. The van der Waals surface area contributed by atoms with Crippen LogP contribution in [-0.4, -0.2) is 36.1 Å². The molecule has 1 aliphatic carbocycles. The minimum atomic E-state index is 0.196. The molecule has 0 spiro atoms. The molecule has 0 saturated heterocycles. The van der Waals surface area contributed by atoms with Gasteiger partial charge in [0.2, 0.25) is 0 Å². The fraction of sp³-hybridized carbons (Fsp3) is 0.625. The van der Waals surface area contributed by atoms with Crippen molar-refractivity contribution in [1.29, 1.82) is 5.26 Å². The SMILES string of the molecule is CC1CCCC(CNc2cc(C#N)ccn2)(N(C)C)C1. The normalized spacial score (nSPS) is 26.2. The summed E-state index contributed by atoms with van der Waals surface area (Å²) in [6, 6.07) is 5.70. The van der Waals surface area contributed by atoms with E-state index in [1.54, 1.807) is 12.3 Å². The van der Waals surface area contributed by atoms with Crippen LogP contribution in [-0.2, 0) is 0 Å². The lowest BCUT2D eigenvalue weighted by atomic mass is 9.75. The van der Waals surface area contributed by atoms with Gasteiger partial charge in [-0.05, 0) is 45.0 Å². The fourth-order valence-electron chi connectivity index (χ4n) is 3.21. The summed E-state index contributed by atoms with van der Waals surface area (Å²) in [5, 5.41) is 12.4. The molecule has 1 aliphatic rings. The molecule has 2 rings (SSSR count). The molecule has 1 heterocycles. The molecule has 0 amide bonds. The summed E-state index contributed by atoms with van der Waals surface area (Å²) in [4.78, 5) is 6.65. The van der Waals surface area contributed by atoms with Gasteiger partial charge in [0.05, 0.1) is 11.6 Å². The Balaban J connectivity index is 2.07. The van der Waals surface area contributed by atoms with Gasteiger partial charge in [-0.3, -0.25) is 0 Å². The van der Waals surface area contributed by atoms with Crippen LogP contribution in [0, 0.1) is 17.2 Å². The maximum absolute atomic E-state index is 8.94. The van der Waals surface area contributed by atoms with Crippen LogP contribution in [0.3, 0.4) is 0 Å². The lowest BCUT2D eigenvalue weighted by Gasteiger charge is -2.45. The highest BCUT2D eigenvalue weighted by Gasteiger charge is 2.36. The Morgan fingerprint density at radius 3 is 3.00 bits per heavy atom. The zero-order valence-corrected chi connectivity index (χ0v) is 12.7. The van der Waals surface area contributed by atoms with Gasteiger partial charge in [0.15, 0.2) is 0 Å². The first-order valence-corrected chi connectivity index (χ1v) is 7.33. The van der Waals surface area contributed by atoms with E-state index in [9.17, 15) is 0 Å². The molecule has 2 unspecified atom stereocenters. The molecule has 0 aromatic carbocycles. The van der Waals surface area contributed by atoms with Crippen LogP contribution in [0.2, 0.25) is 0 Å². The van der Waals surface area contributed by atoms with Crippen LogP contribution in [0.1, 0.15) is 38.2 Å². The van der Waals surface area contributed by atoms with Crippen molar-refractivity contribution in [3.8, 4) is 6.07 Å². The second kappa shape index (κ2) is 6.23. The van der Waals surface area contributed by atoms with Crippen LogP contribution < -0.4 is 5.32 Å². The van der Waals surface area contributed by atoms with Crippen molar-refractivity contribution in [1.82, 2.24) is 9.88 Å². The van der Waals surface area contributed by atoms with Crippen molar-refractivity contribution in [2.75, 3.05) is 26.0 Å². The Bertz CT molecular complexity index is 491. The van der Waals surface area contributed by atoms with Gasteiger partial charge in [0.25, 0.3) is 0 Å². The third-order valence-electron chi connectivity index (χ3n) is 4.50. The molecule has 1 aromatic heterocycles. The first kappa shape index (κ1) is 14.8. The highest BCUT2D eigenvalue weighted by atomic mass is 15.2. The maximum atomic E-state index is 8.94. The molecule has 1 fully saturated rings. The van der Waals surface area contributed by atoms with E-state index < -0.39 is 0 Å². The number of nitriles is 1. The molecule has 1 N–H and O–H groups in total. The monoisotopic (exact) mass is 272 g/mol. The van der Waals surface area contributed by atoms with E-state index >= 15 is 0 Å². The summed E-state index contributed by atoms with van der Waals surface area (Å²) >= 11 is 0. The standard InChI is InChI=1S/C16H24N4/c1-13-5-4-7-16(10-13,20(2)3)12-19-15-9-14(11-17)6-8-18-15/h6,8-9,13H,4-5,7,10,12H2,1-3H3,(H,18,19). The molecule has 0 bridgehead atoms. The lowest BCUT2D eigenvalue weighted by Crippen LogP contribution is -2.52. The third kappa shape index (κ3) is 3.29. The number of nitrogens with one attached hydrogen (secondary N) is 1. The van der Waals surface area contributed by atoms with Gasteiger partial charge in [0.1, 0.15) is 5.82 Å². The smallest absolute Gasteiger partial charge is 0.127 e. The second-order valence-electron chi connectivity index (χ2n) is 6.22. The molecule has 0 radical (unpaired) electrons. The Labute approximate surface area is 121 Å². The summed E-state index contributed by atoms with van der Waals surface area (Å²) in [6.45, 7) is 3.22. The molecule has 4 heteroatoms. The van der Waals surface area contributed by atoms with Crippen molar-refractivity contribution in [2.24, 2.45) is 5.92 Å². The summed E-state index contributed by atoms with van der Waals surface area (Å²) in [5.41, 5.74) is 0.848. The highest BCUT2D eigenvalue weighted by Crippen LogP contribution is 2.35. The number of aromatic nitrogens is 1. The first-order valence-electron chi connectivity index (χ1n) is 7.33. The number of likely N-dealkylation sites (N-methyl/N-ethyl adjacent to an activating group) is 1. The second-order valence-corrected chi connectivity index (χ2v) is 6.22. The summed E-state index contributed by atoms with van der Waals surface area (Å²) in [6.07, 6.45) is 6.73. The topological polar surface area (TPSA) is 52.0 Å². The van der Waals surface area contributed by atoms with Gasteiger partial charge in [0, 0.05) is 18.3 Å². The minimum Gasteiger partial charge on any atom is -0.368 e. The van der Waals surface area contributed by atoms with Gasteiger partial charge in [-0.15, -0.1) is 0 Å². The summed E-state index contributed by atoms with van der Waals surface area (Å²) in [7, 11) is 4.33. The molecule has 0 aliphatic heterocycles. The van der Waals surface area contributed by atoms with Gasteiger partial charge in [-0.25, -0.2) is 4.98 Å². The van der Waals surface area contributed by atoms with Crippen LogP contribution in [0.25, 0.3) is 0 Å². The van der Waals surface area contributed by atoms with E-state index in [0.29, 0.717) is 5.56 Å². The molecule has 108 valence electrons. The van der Waals surface area contributed by atoms with E-state index in [1.165, 1.54) is 25.7 Å². The van der Waals surface area contributed by atoms with Gasteiger partial charge >= 0.3 is 0 Å². The zero-order chi connectivity index (χ0) is 14.6. The Morgan fingerprint density at radius 1 is 1.55 bits per heavy atom. The van der Waals surface area contributed by atoms with E-state index in [2.05, 4.69) is 42.3 Å². The van der Waals surface area contributed by atoms with Crippen LogP contribution in [0.15, 0.2) is 18.3 Å². The van der Waals surface area contributed by atoms with Crippen molar-refractivity contribution in [2.45, 2.75) is 38.1 Å². The molecular formula is C16H24N4. The molecule has 2 atom stereocenters. The van der Waals surface area contributed by atoms with Crippen molar-refractivity contribution in [3.63, 3.8) is 0 Å². The summed E-state index contributed by atoms with van der Waals surface area (Å²) < 4.78 is 0. The van der Waals surface area contributed by atoms with E-state index in [4.69, 9.17) is 5.26 Å². The first-order chi connectivity index (χ1) is 9.55. The van der Waals surface area contributed by atoms with Crippen LogP contribution in [0.4, 0.5) is 5.82 Å². The van der Waals surface area contributed by atoms with Crippen molar-refractivity contribution in [3.05, 3.63) is 23.9 Å². The highest BCUT2D eigenvalue weighted by molar-refractivity contribution is 5.42. The lowest BCUT2D eigenvalue weighted by molar-refractivity contribution is 0.0881. The molecule has 1 aromatic rings. The largest absolute Gasteiger partial charge is 0.368 e. The third-order valence-corrected chi connectivity index (χ3v) is 4.50. The van der Waals surface area contributed by atoms with Crippen molar-refractivity contribution >= 4 is 5.82 Å². The Hall–Kier alpha value is -1.60. The number of rotatable bonds is 4. The maximum Gasteiger partial charge on any atom is 0.127 e. The van der Waals surface area contributed by atoms with Crippen LogP contribution >= 0.6 is 0 Å². The predicted molar refractivity (Wildman–Crippen MR) is 81.5 cm³/mol. The number of pyridine rings is 1. The van der Waals surface area contributed by atoms with Crippen LogP contribution in [0.5, 0.6) is 0 Å². The van der Waals surface area contributed by atoms with Gasteiger partial charge < -0.3 is 10.2 Å². The quantitative estimate of drug-likeness (QED) is 0.915. The number of hydrogen-bond acceptors (Lipinski definition) is 4. The van der Waals surface area contributed by atoms with E-state index in [-0.39, 0.29) is 5.54 Å². The summed E-state index contributed by atoms with van der Waals surface area (Å²) in [5.74, 6) is 1.56. The molecular weight excluding hydrogens is 248 g/mol. The fourth-order valence-corrected chi connectivity index (χ4v) is 3.21. The Kier molecular flexibility index (Phi) is 4.61. The van der Waals surface area contributed by atoms with E-state index in [0.717, 1.165) is 18.3 Å². The molecule has 4 nitrogen and oxygen atoms in total. The average molecular weight is 272 g/mol. The van der Waals surface area contributed by atoms with Gasteiger partial charge in [-0.2, -0.15) is 5.26 Å². The average Bonchev–Trinajstić information content (AvgIpc) is 2.45. The van der Waals surface area contributed by atoms with Crippen molar-refractivity contribution < 1.29 is 0 Å². The predicted octanol–water partition coefficient (Wildman–Crippen LogP) is 2.88. The zero-order valence-electron chi connectivity index (χ0n) is 12.7. The van der Waals surface area contributed by atoms with Gasteiger partial charge in [-0.1, -0.05) is 19.8 Å². The molecule has 20 heavy (non-hydrogen) atoms.